The van der Waals surface area contributed by atoms with Gasteiger partial charge in [0, 0.05) is 11.8 Å². The molecule has 2 aliphatic heterocycles. The van der Waals surface area contributed by atoms with Crippen LogP contribution in [0.25, 0.3) is 0 Å². The molecular formula is C14H16ClNO7. The topological polar surface area (TPSA) is 132 Å². The van der Waals surface area contributed by atoms with Crippen LogP contribution >= 0.6 is 11.9 Å². The monoisotopic (exact) mass is 345 g/mol. The number of hydrogen-bond acceptors (Lipinski definition) is 8. The summed E-state index contributed by atoms with van der Waals surface area (Å²) >= 11 is 5.25. The zero-order valence-corrected chi connectivity index (χ0v) is 12.5. The van der Waals surface area contributed by atoms with Crippen LogP contribution in [-0.2, 0) is 14.6 Å². The Morgan fingerprint density at radius 3 is 2.57 bits per heavy atom. The van der Waals surface area contributed by atoms with E-state index in [0.29, 0.717) is 5.69 Å². The number of nitrogens with zero attached hydrogens (tertiary/aromatic N) is 1. The molecule has 0 aliphatic carbocycles. The van der Waals surface area contributed by atoms with Crippen LogP contribution in [0.4, 0.5) is 5.69 Å². The standard InChI is InChI=1S/C14H16ClNO7/c15-23-12-11(19)14(21,10(18)9(5-17)22-12)13(20)6-16-8-4-2-1-3-7(8)13/h1-4,6,9-12,17-21H,5H2/t9-,10+,11+,12?,13?,14+/m1/s1. The number of aliphatic hydroxyl groups is 5. The fourth-order valence-corrected chi connectivity index (χ4v) is 3.25. The molecule has 5 N–H and O–H groups in total. The predicted octanol–water partition coefficient (Wildman–Crippen LogP) is -1.07. The molecule has 0 saturated carbocycles. The van der Waals surface area contributed by atoms with Crippen molar-refractivity contribution >= 4 is 23.8 Å². The number of fused-ring (bicyclic) bond motifs is 1. The molecular weight excluding hydrogens is 330 g/mol. The number of hydrogen-bond donors (Lipinski definition) is 5. The molecule has 1 aromatic carbocycles. The van der Waals surface area contributed by atoms with Gasteiger partial charge in [-0.2, -0.15) is 0 Å². The van der Waals surface area contributed by atoms with Gasteiger partial charge in [0.25, 0.3) is 0 Å². The molecule has 8 nitrogen and oxygen atoms in total. The number of halogens is 1. The Kier molecular flexibility index (Phi) is 4.20. The van der Waals surface area contributed by atoms with Gasteiger partial charge < -0.3 is 30.3 Å². The van der Waals surface area contributed by atoms with Crippen LogP contribution in [-0.4, -0.2) is 68.6 Å². The second kappa shape index (κ2) is 5.76. The molecule has 1 saturated heterocycles. The summed E-state index contributed by atoms with van der Waals surface area (Å²) in [6.45, 7) is -0.693. The molecule has 126 valence electrons. The molecule has 6 atom stereocenters. The van der Waals surface area contributed by atoms with Crippen LogP contribution in [0.15, 0.2) is 29.3 Å². The Bertz CT molecular complexity index is 611. The number of aliphatic imine (C=N–C) groups is 1. The molecule has 23 heavy (non-hydrogen) atoms. The third-order valence-electron chi connectivity index (χ3n) is 4.40. The minimum Gasteiger partial charge on any atom is -0.394 e. The van der Waals surface area contributed by atoms with Gasteiger partial charge in [0.15, 0.2) is 11.2 Å². The summed E-state index contributed by atoms with van der Waals surface area (Å²) in [6.07, 6.45) is -5.65. The Labute approximate surface area is 136 Å². The van der Waals surface area contributed by atoms with Crippen molar-refractivity contribution < 1.29 is 34.6 Å². The zero-order chi connectivity index (χ0) is 16.8. The number of rotatable bonds is 3. The molecule has 1 aromatic rings. The molecule has 0 amide bonds. The van der Waals surface area contributed by atoms with Gasteiger partial charge in [0.1, 0.15) is 18.3 Å². The van der Waals surface area contributed by atoms with E-state index in [1.807, 2.05) is 0 Å². The summed E-state index contributed by atoms with van der Waals surface area (Å²) in [6, 6.07) is 6.40. The van der Waals surface area contributed by atoms with Crippen molar-refractivity contribution in [2.75, 3.05) is 6.61 Å². The summed E-state index contributed by atoms with van der Waals surface area (Å²) in [7, 11) is 0. The van der Waals surface area contributed by atoms with E-state index in [4.69, 9.17) is 16.6 Å². The lowest BCUT2D eigenvalue weighted by Crippen LogP contribution is -2.75. The maximum atomic E-state index is 11.0. The van der Waals surface area contributed by atoms with Gasteiger partial charge >= 0.3 is 0 Å². The first-order chi connectivity index (χ1) is 10.9. The third-order valence-corrected chi connectivity index (χ3v) is 4.58. The highest BCUT2D eigenvalue weighted by Crippen LogP contribution is 2.48. The first-order valence-corrected chi connectivity index (χ1v) is 7.20. The second-order valence-electron chi connectivity index (χ2n) is 5.57. The van der Waals surface area contributed by atoms with E-state index in [2.05, 4.69) is 9.28 Å². The van der Waals surface area contributed by atoms with E-state index in [-0.39, 0.29) is 5.56 Å². The van der Waals surface area contributed by atoms with E-state index in [0.717, 1.165) is 6.21 Å². The van der Waals surface area contributed by atoms with Crippen molar-refractivity contribution in [1.82, 2.24) is 0 Å². The highest BCUT2D eigenvalue weighted by atomic mass is 35.5. The van der Waals surface area contributed by atoms with Crippen LogP contribution < -0.4 is 0 Å². The minimum atomic E-state index is -2.58. The maximum Gasteiger partial charge on any atom is 0.206 e. The Morgan fingerprint density at radius 2 is 1.91 bits per heavy atom. The predicted molar refractivity (Wildman–Crippen MR) is 78.1 cm³/mol. The lowest BCUT2D eigenvalue weighted by atomic mass is 9.69. The Balaban J connectivity index is 2.13. The summed E-state index contributed by atoms with van der Waals surface area (Å²) in [5.74, 6) is 0. The van der Waals surface area contributed by atoms with Crippen LogP contribution in [0.5, 0.6) is 0 Å². The largest absolute Gasteiger partial charge is 0.394 e. The summed E-state index contributed by atoms with van der Waals surface area (Å²) < 4.78 is 9.51. The fraction of sp³-hybridized carbons (Fsp3) is 0.500. The Hall–Kier alpha value is -1.10. The molecule has 3 rings (SSSR count). The number of aliphatic hydroxyl groups excluding tert-OH is 3. The van der Waals surface area contributed by atoms with E-state index < -0.39 is 42.4 Å². The third kappa shape index (κ3) is 2.15. The second-order valence-corrected chi connectivity index (χ2v) is 5.75. The fourth-order valence-electron chi connectivity index (χ4n) is 3.11. The van der Waals surface area contributed by atoms with Gasteiger partial charge in [-0.3, -0.25) is 4.99 Å². The maximum absolute atomic E-state index is 11.0. The zero-order valence-electron chi connectivity index (χ0n) is 11.8. The summed E-state index contributed by atoms with van der Waals surface area (Å²) in [5, 5.41) is 52.2. The van der Waals surface area contributed by atoms with E-state index in [1.54, 1.807) is 18.2 Å². The molecule has 9 heteroatoms. The molecule has 2 unspecified atom stereocenters. The summed E-state index contributed by atoms with van der Waals surface area (Å²) in [5.41, 5.74) is -4.24. The van der Waals surface area contributed by atoms with E-state index in [9.17, 15) is 25.5 Å². The average Bonchev–Trinajstić information content (AvgIpc) is 2.92. The van der Waals surface area contributed by atoms with Gasteiger partial charge in [0.05, 0.1) is 24.2 Å². The lowest BCUT2D eigenvalue weighted by molar-refractivity contribution is -0.342. The average molecular weight is 346 g/mol. The van der Waals surface area contributed by atoms with Gasteiger partial charge in [-0.25, -0.2) is 4.29 Å². The van der Waals surface area contributed by atoms with Crippen molar-refractivity contribution in [3.8, 4) is 0 Å². The number of para-hydroxylation sites is 1. The molecule has 0 spiro atoms. The lowest BCUT2D eigenvalue weighted by Gasteiger charge is -2.52. The first-order valence-electron chi connectivity index (χ1n) is 6.89. The van der Waals surface area contributed by atoms with Crippen molar-refractivity contribution in [2.45, 2.75) is 35.8 Å². The molecule has 2 aliphatic rings. The molecule has 0 radical (unpaired) electrons. The first kappa shape index (κ1) is 16.7. The highest BCUT2D eigenvalue weighted by Gasteiger charge is 2.67. The summed E-state index contributed by atoms with van der Waals surface area (Å²) in [4.78, 5) is 4.01. The minimum absolute atomic E-state index is 0.188. The smallest absolute Gasteiger partial charge is 0.206 e. The van der Waals surface area contributed by atoms with Crippen LogP contribution in [0, 0.1) is 0 Å². The Morgan fingerprint density at radius 1 is 1.22 bits per heavy atom. The van der Waals surface area contributed by atoms with Crippen LogP contribution in [0.3, 0.4) is 0 Å². The number of benzene rings is 1. The normalized spacial score (nSPS) is 42.7. The quantitative estimate of drug-likeness (QED) is 0.471. The van der Waals surface area contributed by atoms with Gasteiger partial charge in [-0.05, 0) is 6.07 Å². The SMILES string of the molecule is OC[C@H]1OC(OCl)[C@H](O)[C@](O)(C2(O)C=Nc3ccccc32)[C@H]1O. The van der Waals surface area contributed by atoms with Gasteiger partial charge in [0.2, 0.25) is 6.29 Å². The van der Waals surface area contributed by atoms with Crippen molar-refractivity contribution in [1.29, 1.82) is 0 Å². The van der Waals surface area contributed by atoms with E-state index in [1.165, 1.54) is 6.07 Å². The molecule has 2 heterocycles. The number of ether oxygens (including phenoxy) is 1. The van der Waals surface area contributed by atoms with Gasteiger partial charge in [-0.1, -0.05) is 18.2 Å². The molecule has 0 bridgehead atoms. The highest BCUT2D eigenvalue weighted by molar-refractivity contribution is 6.07. The van der Waals surface area contributed by atoms with Crippen LogP contribution in [0.2, 0.25) is 0 Å². The van der Waals surface area contributed by atoms with Gasteiger partial charge in [-0.15, -0.1) is 0 Å². The van der Waals surface area contributed by atoms with Crippen LogP contribution in [0.1, 0.15) is 5.56 Å². The van der Waals surface area contributed by atoms with Crippen molar-refractivity contribution in [3.63, 3.8) is 0 Å². The molecule has 0 aromatic heterocycles. The van der Waals surface area contributed by atoms with Crippen molar-refractivity contribution in [3.05, 3.63) is 29.8 Å². The van der Waals surface area contributed by atoms with Crippen molar-refractivity contribution in [2.24, 2.45) is 4.99 Å². The molecule has 1 fully saturated rings. The van der Waals surface area contributed by atoms with E-state index >= 15 is 0 Å².